The molecule has 118 valence electrons. The lowest BCUT2D eigenvalue weighted by atomic mass is 9.97. The summed E-state index contributed by atoms with van der Waals surface area (Å²) >= 11 is 0. The van der Waals surface area contributed by atoms with E-state index in [0.29, 0.717) is 6.61 Å². The maximum atomic E-state index is 12.0. The number of hydrogen-bond donors (Lipinski definition) is 1. The first-order valence-electron chi connectivity index (χ1n) is 7.24. The number of carbonyl (C=O) groups excluding carboxylic acids is 2. The van der Waals surface area contributed by atoms with Crippen molar-refractivity contribution < 1.29 is 14.3 Å². The summed E-state index contributed by atoms with van der Waals surface area (Å²) in [5.41, 5.74) is 1.96. The molecule has 4 heteroatoms. The van der Waals surface area contributed by atoms with Crippen LogP contribution in [0.2, 0.25) is 0 Å². The highest BCUT2D eigenvalue weighted by Crippen LogP contribution is 2.10. The minimum Gasteiger partial charge on any atom is -0.464 e. The zero-order chi connectivity index (χ0) is 16.4. The van der Waals surface area contributed by atoms with Gasteiger partial charge in [0.2, 0.25) is 0 Å². The lowest BCUT2D eigenvalue weighted by molar-refractivity contribution is -0.148. The monoisotopic (exact) mass is 293 g/mol. The second-order valence-electron chi connectivity index (χ2n) is 5.12. The van der Waals surface area contributed by atoms with Crippen molar-refractivity contribution in [3.8, 4) is 0 Å². The minimum atomic E-state index is -0.676. The number of ether oxygens (including phenoxy) is 1. The van der Waals surface area contributed by atoms with E-state index in [-0.39, 0.29) is 5.78 Å². The Morgan fingerprint density at radius 2 is 1.86 bits per heavy atom. The fraction of sp³-hybridized carbons (Fsp3) is 0.529. The van der Waals surface area contributed by atoms with Crippen LogP contribution in [0.5, 0.6) is 0 Å². The summed E-state index contributed by atoms with van der Waals surface area (Å²) in [6, 6.07) is -0.676. The number of nitrogens with one attached hydrogen (secondary N) is 1. The van der Waals surface area contributed by atoms with Crippen LogP contribution in [0.1, 0.15) is 41.5 Å². The smallest absolute Gasteiger partial charge is 0.329 e. The first-order chi connectivity index (χ1) is 9.83. The molecule has 0 amide bonds. The van der Waals surface area contributed by atoms with Crippen molar-refractivity contribution >= 4 is 11.8 Å². The molecule has 0 spiro atoms. The number of allylic oxidation sites excluding steroid dienone is 5. The summed E-state index contributed by atoms with van der Waals surface area (Å²) in [5, 5.41) is 3.09. The van der Waals surface area contributed by atoms with E-state index < -0.39 is 17.9 Å². The first-order valence-corrected chi connectivity index (χ1v) is 7.24. The molecule has 0 aliphatic carbocycles. The Hall–Kier alpha value is -1.84. The largest absolute Gasteiger partial charge is 0.464 e. The van der Waals surface area contributed by atoms with Crippen LogP contribution in [-0.4, -0.2) is 24.4 Å². The average Bonchev–Trinajstić information content (AvgIpc) is 2.41. The number of carbonyl (C=O) groups is 2. The normalized spacial score (nSPS) is 14.5. The van der Waals surface area contributed by atoms with Crippen molar-refractivity contribution in [3.63, 3.8) is 0 Å². The fourth-order valence-corrected chi connectivity index (χ4v) is 1.61. The van der Waals surface area contributed by atoms with Crippen LogP contribution in [0.4, 0.5) is 0 Å². The maximum absolute atomic E-state index is 12.0. The molecule has 0 heterocycles. The van der Waals surface area contributed by atoms with Crippen LogP contribution in [0.3, 0.4) is 0 Å². The van der Waals surface area contributed by atoms with E-state index >= 15 is 0 Å². The third kappa shape index (κ3) is 7.49. The van der Waals surface area contributed by atoms with Gasteiger partial charge in [-0.25, -0.2) is 4.79 Å². The van der Waals surface area contributed by atoms with Crippen LogP contribution < -0.4 is 5.32 Å². The van der Waals surface area contributed by atoms with Gasteiger partial charge in [-0.2, -0.15) is 0 Å². The molecule has 1 N–H and O–H groups in total. The molecule has 4 nitrogen and oxygen atoms in total. The lowest BCUT2D eigenvalue weighted by Crippen LogP contribution is -2.44. The summed E-state index contributed by atoms with van der Waals surface area (Å²) in [5.74, 6) is -0.907. The van der Waals surface area contributed by atoms with Crippen molar-refractivity contribution in [3.05, 3.63) is 35.6 Å². The SMILES string of the molecule is C/C=C(\C=C/C=C(C)C)N[C@@H](C(=O)OCC)[C@@H](C)C(C)=O. The molecule has 0 bridgehead atoms. The zero-order valence-corrected chi connectivity index (χ0v) is 13.9. The fourth-order valence-electron chi connectivity index (χ4n) is 1.61. The Morgan fingerprint density at radius 1 is 1.24 bits per heavy atom. The summed E-state index contributed by atoms with van der Waals surface area (Å²) in [4.78, 5) is 23.6. The highest BCUT2D eigenvalue weighted by Gasteiger charge is 2.29. The summed E-state index contributed by atoms with van der Waals surface area (Å²) in [7, 11) is 0. The van der Waals surface area contributed by atoms with Crippen molar-refractivity contribution in [2.75, 3.05) is 6.61 Å². The molecule has 0 unspecified atom stereocenters. The van der Waals surface area contributed by atoms with E-state index in [1.807, 2.05) is 45.1 Å². The zero-order valence-electron chi connectivity index (χ0n) is 13.9. The van der Waals surface area contributed by atoms with E-state index in [0.717, 1.165) is 5.70 Å². The van der Waals surface area contributed by atoms with Gasteiger partial charge in [-0.15, -0.1) is 0 Å². The standard InChI is InChI=1S/C17H27NO3/c1-7-15(11-9-10-12(3)4)18-16(13(5)14(6)19)17(20)21-8-2/h7,9-11,13,16,18H,8H2,1-6H3/b11-9-,15-7+/t13-,16+/m0/s1. The van der Waals surface area contributed by atoms with Crippen molar-refractivity contribution in [1.82, 2.24) is 5.32 Å². The summed E-state index contributed by atoms with van der Waals surface area (Å²) in [6.45, 7) is 11.1. The van der Waals surface area contributed by atoms with Crippen LogP contribution in [0, 0.1) is 5.92 Å². The topological polar surface area (TPSA) is 55.4 Å². The molecule has 0 aliphatic heterocycles. The highest BCUT2D eigenvalue weighted by molar-refractivity contribution is 5.87. The van der Waals surface area contributed by atoms with E-state index in [2.05, 4.69) is 5.32 Å². The molecular formula is C17H27NO3. The van der Waals surface area contributed by atoms with Gasteiger partial charge in [0, 0.05) is 11.6 Å². The van der Waals surface area contributed by atoms with Gasteiger partial charge in [-0.3, -0.25) is 4.79 Å². The van der Waals surface area contributed by atoms with Gasteiger partial charge >= 0.3 is 5.97 Å². The molecule has 0 aliphatic rings. The van der Waals surface area contributed by atoms with Gasteiger partial charge in [0.25, 0.3) is 0 Å². The highest BCUT2D eigenvalue weighted by atomic mass is 16.5. The number of hydrogen-bond acceptors (Lipinski definition) is 4. The quantitative estimate of drug-likeness (QED) is 0.552. The maximum Gasteiger partial charge on any atom is 0.329 e. The van der Waals surface area contributed by atoms with Gasteiger partial charge < -0.3 is 10.1 Å². The lowest BCUT2D eigenvalue weighted by Gasteiger charge is -2.23. The second-order valence-corrected chi connectivity index (χ2v) is 5.12. The average molecular weight is 293 g/mol. The molecule has 0 aromatic carbocycles. The summed E-state index contributed by atoms with van der Waals surface area (Å²) in [6.07, 6.45) is 7.60. The molecule has 0 aromatic heterocycles. The first kappa shape index (κ1) is 19.2. The van der Waals surface area contributed by atoms with Crippen LogP contribution >= 0.6 is 0 Å². The second kappa shape index (κ2) is 9.97. The molecule has 2 atom stereocenters. The predicted octanol–water partition coefficient (Wildman–Crippen LogP) is 3.16. The van der Waals surface area contributed by atoms with E-state index in [4.69, 9.17) is 4.74 Å². The van der Waals surface area contributed by atoms with Crippen molar-refractivity contribution in [2.45, 2.75) is 47.6 Å². The molecule has 0 rings (SSSR count). The Balaban J connectivity index is 5.09. The minimum absolute atomic E-state index is 0.0516. The molecule has 21 heavy (non-hydrogen) atoms. The van der Waals surface area contributed by atoms with E-state index in [1.165, 1.54) is 12.5 Å². The molecule has 0 aromatic rings. The molecule has 0 saturated heterocycles. The third-order valence-electron chi connectivity index (χ3n) is 3.02. The number of Topliss-reactive ketones (excluding diaryl/α,β-unsaturated/α-hetero) is 1. The van der Waals surface area contributed by atoms with Crippen LogP contribution in [0.25, 0.3) is 0 Å². The summed E-state index contributed by atoms with van der Waals surface area (Å²) < 4.78 is 5.05. The number of esters is 1. The molecular weight excluding hydrogens is 266 g/mol. The van der Waals surface area contributed by atoms with Gasteiger partial charge in [-0.05, 0) is 40.7 Å². The Morgan fingerprint density at radius 3 is 2.29 bits per heavy atom. The predicted molar refractivity (Wildman–Crippen MR) is 85.7 cm³/mol. The van der Waals surface area contributed by atoms with E-state index in [9.17, 15) is 9.59 Å². The number of ketones is 1. The van der Waals surface area contributed by atoms with Gasteiger partial charge in [-0.1, -0.05) is 30.7 Å². The van der Waals surface area contributed by atoms with E-state index in [1.54, 1.807) is 13.8 Å². The van der Waals surface area contributed by atoms with Gasteiger partial charge in [0.15, 0.2) is 0 Å². The van der Waals surface area contributed by atoms with Crippen molar-refractivity contribution in [1.29, 1.82) is 0 Å². The Kier molecular flexibility index (Phi) is 9.10. The molecule has 0 fully saturated rings. The van der Waals surface area contributed by atoms with Gasteiger partial charge in [0.1, 0.15) is 11.8 Å². The molecule has 0 saturated carbocycles. The molecule has 0 radical (unpaired) electrons. The third-order valence-corrected chi connectivity index (χ3v) is 3.02. The van der Waals surface area contributed by atoms with Crippen LogP contribution in [0.15, 0.2) is 35.6 Å². The Labute approximate surface area is 127 Å². The number of rotatable bonds is 8. The van der Waals surface area contributed by atoms with Crippen molar-refractivity contribution in [2.24, 2.45) is 5.92 Å². The van der Waals surface area contributed by atoms with Gasteiger partial charge in [0.05, 0.1) is 6.61 Å². The van der Waals surface area contributed by atoms with Crippen LogP contribution in [-0.2, 0) is 14.3 Å². The Bertz CT molecular complexity index is 443.